The van der Waals surface area contributed by atoms with E-state index >= 15 is 0 Å². The molecule has 1 N–H and O–H groups in total. The number of hydrogen-bond donors (Lipinski definition) is 1. The van der Waals surface area contributed by atoms with Crippen LogP contribution < -0.4 is 5.32 Å². The summed E-state index contributed by atoms with van der Waals surface area (Å²) in [4.78, 5) is 17.2. The average molecular weight is 384 g/mol. The van der Waals surface area contributed by atoms with Gasteiger partial charge in [-0.2, -0.15) is 13.9 Å². The number of halogens is 2. The van der Waals surface area contributed by atoms with Gasteiger partial charge in [0.1, 0.15) is 0 Å². The second-order valence-corrected chi connectivity index (χ2v) is 6.61. The number of nitrogens with one attached hydrogen (secondary N) is 1. The number of amides is 1. The van der Waals surface area contributed by atoms with Crippen LogP contribution >= 0.6 is 0 Å². The van der Waals surface area contributed by atoms with E-state index in [1.165, 1.54) is 6.20 Å². The first-order valence-corrected chi connectivity index (χ1v) is 9.07. The van der Waals surface area contributed by atoms with Crippen molar-refractivity contribution in [1.82, 2.24) is 20.1 Å². The molecule has 28 heavy (non-hydrogen) atoms. The Balaban J connectivity index is 1.85. The van der Waals surface area contributed by atoms with Gasteiger partial charge in [-0.3, -0.25) is 9.78 Å². The van der Waals surface area contributed by atoms with Crippen molar-refractivity contribution < 1.29 is 13.6 Å². The normalized spacial score (nSPS) is 12.2. The number of nitrogens with zero attached hydrogens (tertiary/aromatic N) is 3. The lowest BCUT2D eigenvalue weighted by molar-refractivity contribution is 0.0563. The summed E-state index contributed by atoms with van der Waals surface area (Å²) in [6.45, 7) is 2.90. The molecule has 146 valence electrons. The third-order valence-electron chi connectivity index (χ3n) is 4.65. The van der Waals surface area contributed by atoms with E-state index in [1.807, 2.05) is 26.0 Å². The fourth-order valence-electron chi connectivity index (χ4n) is 3.16. The molecule has 3 rings (SSSR count). The zero-order chi connectivity index (χ0) is 20.3. The number of benzene rings is 1. The Labute approximate surface area is 162 Å². The van der Waals surface area contributed by atoms with Crippen LogP contribution in [0.2, 0.25) is 0 Å². The number of pyridine rings is 1. The maximum Gasteiger partial charge on any atom is 0.333 e. The predicted octanol–water partition coefficient (Wildman–Crippen LogP) is 4.84. The maximum absolute atomic E-state index is 12.9. The molecule has 1 aromatic carbocycles. The Hall–Kier alpha value is -3.09. The molecule has 0 aliphatic rings. The summed E-state index contributed by atoms with van der Waals surface area (Å²) in [5.41, 5.74) is 4.02. The molecule has 1 amide bonds. The lowest BCUT2D eigenvalue weighted by atomic mass is 10.0. The topological polar surface area (TPSA) is 59.8 Å². The SMILES string of the molecule is CCC(NC(=O)c1cccc(-c2cn(C(F)F)nc2C)c1)c1ncccc1C. The molecule has 0 aliphatic heterocycles. The fraction of sp³-hybridized carbons (Fsp3) is 0.286. The average Bonchev–Trinajstić information content (AvgIpc) is 3.09. The first-order chi connectivity index (χ1) is 13.4. The minimum atomic E-state index is -2.70. The molecule has 1 unspecified atom stereocenters. The van der Waals surface area contributed by atoms with Crippen LogP contribution in [0.3, 0.4) is 0 Å². The van der Waals surface area contributed by atoms with E-state index in [2.05, 4.69) is 15.4 Å². The van der Waals surface area contributed by atoms with Gasteiger partial charge < -0.3 is 5.32 Å². The lowest BCUT2D eigenvalue weighted by Gasteiger charge is -2.18. The van der Waals surface area contributed by atoms with Crippen molar-refractivity contribution in [3.8, 4) is 11.1 Å². The quantitative estimate of drug-likeness (QED) is 0.662. The van der Waals surface area contributed by atoms with Gasteiger partial charge in [0.05, 0.1) is 17.4 Å². The molecule has 0 radical (unpaired) electrons. The minimum Gasteiger partial charge on any atom is -0.344 e. The van der Waals surface area contributed by atoms with Crippen molar-refractivity contribution in [3.05, 3.63) is 71.3 Å². The Morgan fingerprint density at radius 1 is 1.21 bits per heavy atom. The van der Waals surface area contributed by atoms with E-state index in [4.69, 9.17) is 0 Å². The molecule has 7 heteroatoms. The van der Waals surface area contributed by atoms with Crippen LogP contribution in [0.4, 0.5) is 8.78 Å². The largest absolute Gasteiger partial charge is 0.344 e. The van der Waals surface area contributed by atoms with Gasteiger partial charge in [-0.25, -0.2) is 4.68 Å². The summed E-state index contributed by atoms with van der Waals surface area (Å²) in [6.07, 6.45) is 3.70. The molecule has 1 atom stereocenters. The molecule has 0 fully saturated rings. The van der Waals surface area contributed by atoms with E-state index in [0.29, 0.717) is 33.5 Å². The minimum absolute atomic E-state index is 0.208. The van der Waals surface area contributed by atoms with Crippen molar-refractivity contribution in [1.29, 1.82) is 0 Å². The second-order valence-electron chi connectivity index (χ2n) is 6.61. The number of carbonyl (C=O) groups is 1. The summed E-state index contributed by atoms with van der Waals surface area (Å²) >= 11 is 0. The number of aromatic nitrogens is 3. The van der Waals surface area contributed by atoms with Crippen LogP contribution in [0.25, 0.3) is 11.1 Å². The molecule has 2 aromatic heterocycles. The molecule has 0 aliphatic carbocycles. The molecule has 0 saturated heterocycles. The predicted molar refractivity (Wildman–Crippen MR) is 103 cm³/mol. The van der Waals surface area contributed by atoms with Gasteiger partial charge >= 0.3 is 6.55 Å². The van der Waals surface area contributed by atoms with E-state index in [0.717, 1.165) is 11.3 Å². The van der Waals surface area contributed by atoms with Crippen LogP contribution in [0.5, 0.6) is 0 Å². The van der Waals surface area contributed by atoms with Gasteiger partial charge in [0.2, 0.25) is 0 Å². The molecular weight excluding hydrogens is 362 g/mol. The monoisotopic (exact) mass is 384 g/mol. The number of alkyl halides is 2. The van der Waals surface area contributed by atoms with Crippen LogP contribution in [-0.4, -0.2) is 20.7 Å². The first kappa shape index (κ1) is 19.7. The summed E-state index contributed by atoms with van der Waals surface area (Å²) in [5.74, 6) is -0.238. The zero-order valence-corrected chi connectivity index (χ0v) is 16.0. The van der Waals surface area contributed by atoms with E-state index in [1.54, 1.807) is 37.4 Å². The lowest BCUT2D eigenvalue weighted by Crippen LogP contribution is -2.29. The van der Waals surface area contributed by atoms with E-state index < -0.39 is 6.55 Å². The third-order valence-corrected chi connectivity index (χ3v) is 4.65. The fourth-order valence-corrected chi connectivity index (χ4v) is 3.16. The highest BCUT2D eigenvalue weighted by Gasteiger charge is 2.18. The number of carbonyl (C=O) groups excluding carboxylic acids is 1. The molecule has 3 aromatic rings. The van der Waals surface area contributed by atoms with Crippen LogP contribution in [0.15, 0.2) is 48.8 Å². The molecule has 2 heterocycles. The van der Waals surface area contributed by atoms with Gasteiger partial charge in [-0.15, -0.1) is 0 Å². The number of aryl methyl sites for hydroxylation is 2. The van der Waals surface area contributed by atoms with Gasteiger partial charge in [0.25, 0.3) is 5.91 Å². The third kappa shape index (κ3) is 4.08. The van der Waals surface area contributed by atoms with Crippen molar-refractivity contribution >= 4 is 5.91 Å². The Kier molecular flexibility index (Phi) is 5.82. The zero-order valence-electron chi connectivity index (χ0n) is 16.0. The van der Waals surface area contributed by atoms with Crippen LogP contribution in [-0.2, 0) is 0 Å². The molecular formula is C21H22F2N4O. The van der Waals surface area contributed by atoms with E-state index in [-0.39, 0.29) is 11.9 Å². The summed E-state index contributed by atoms with van der Waals surface area (Å²) in [5, 5.41) is 6.84. The van der Waals surface area contributed by atoms with Crippen molar-refractivity contribution in [3.63, 3.8) is 0 Å². The number of hydrogen-bond acceptors (Lipinski definition) is 3. The summed E-state index contributed by atoms with van der Waals surface area (Å²) in [6, 6.07) is 10.5. The van der Waals surface area contributed by atoms with Crippen molar-refractivity contribution in [2.45, 2.75) is 39.8 Å². The highest BCUT2D eigenvalue weighted by atomic mass is 19.3. The standard InChI is InChI=1S/C21H22F2N4O/c1-4-18(19-13(2)7-6-10-24-19)25-20(28)16-9-5-8-15(11-16)17-12-27(21(22)23)26-14(17)3/h5-12,18,21H,4H2,1-3H3,(H,25,28). The Morgan fingerprint density at radius 2 is 2.00 bits per heavy atom. The smallest absolute Gasteiger partial charge is 0.333 e. The molecule has 0 saturated carbocycles. The van der Waals surface area contributed by atoms with E-state index in [9.17, 15) is 13.6 Å². The van der Waals surface area contributed by atoms with Crippen molar-refractivity contribution in [2.24, 2.45) is 0 Å². The first-order valence-electron chi connectivity index (χ1n) is 9.07. The summed E-state index contributed by atoms with van der Waals surface area (Å²) < 4.78 is 26.4. The summed E-state index contributed by atoms with van der Waals surface area (Å²) in [7, 11) is 0. The van der Waals surface area contributed by atoms with Crippen LogP contribution in [0, 0.1) is 13.8 Å². The highest BCUT2D eigenvalue weighted by molar-refractivity contribution is 5.95. The molecule has 0 bridgehead atoms. The van der Waals surface area contributed by atoms with Gasteiger partial charge in [-0.05, 0) is 49.6 Å². The molecule has 0 spiro atoms. The second kappa shape index (κ2) is 8.29. The van der Waals surface area contributed by atoms with Gasteiger partial charge in [0.15, 0.2) is 0 Å². The van der Waals surface area contributed by atoms with Crippen LogP contribution in [0.1, 0.15) is 53.2 Å². The number of rotatable bonds is 6. The highest BCUT2D eigenvalue weighted by Crippen LogP contribution is 2.26. The maximum atomic E-state index is 12.9. The molecule has 5 nitrogen and oxygen atoms in total. The van der Waals surface area contributed by atoms with Gasteiger partial charge in [-0.1, -0.05) is 25.1 Å². The van der Waals surface area contributed by atoms with Gasteiger partial charge in [0, 0.05) is 23.5 Å². The Bertz CT molecular complexity index is 984. The Morgan fingerprint density at radius 3 is 2.64 bits per heavy atom. The van der Waals surface area contributed by atoms with Crippen molar-refractivity contribution in [2.75, 3.05) is 0 Å².